The van der Waals surface area contributed by atoms with Gasteiger partial charge in [-0.2, -0.15) is 0 Å². The number of hydrogen-bond donors (Lipinski definition) is 0. The average molecular weight is 1050 g/mol. The number of aromatic nitrogens is 3. The molecule has 0 unspecified atom stereocenters. The Balaban J connectivity index is 2.63. The highest BCUT2D eigenvalue weighted by Crippen LogP contribution is 2.14. The van der Waals surface area contributed by atoms with Crippen molar-refractivity contribution in [3.05, 3.63) is 67.9 Å². The van der Waals surface area contributed by atoms with Crippen LogP contribution in [-0.2, 0) is 48.2 Å². The molecule has 0 saturated carbocycles. The minimum absolute atomic E-state index is 0.216. The third-order valence-corrected chi connectivity index (χ3v) is 14.0. The summed E-state index contributed by atoms with van der Waals surface area (Å²) < 4.78 is 18.8. The Morgan fingerprint density at radius 3 is 0.693 bits per heavy atom. The second kappa shape index (κ2) is 52.1. The van der Waals surface area contributed by atoms with Crippen LogP contribution < -0.4 is 17.1 Å². The van der Waals surface area contributed by atoms with Gasteiger partial charge >= 0.3 is 35.0 Å². The van der Waals surface area contributed by atoms with Gasteiger partial charge in [0.15, 0.2) is 0 Å². The lowest BCUT2D eigenvalue weighted by atomic mass is 10.1. The predicted molar refractivity (Wildman–Crippen MR) is 310 cm³/mol. The van der Waals surface area contributed by atoms with Crippen molar-refractivity contribution in [2.75, 3.05) is 19.8 Å². The van der Waals surface area contributed by atoms with Crippen molar-refractivity contribution in [3.63, 3.8) is 0 Å². The molecule has 0 aliphatic heterocycles. The smallest absolute Gasteiger partial charge is 0.336 e. The number of esters is 3. The summed E-state index contributed by atoms with van der Waals surface area (Å²) in [6.45, 7) is 5.22. The molecular weight excluding hydrogens is 943 g/mol. The van der Waals surface area contributed by atoms with Crippen molar-refractivity contribution in [2.24, 2.45) is 0 Å². The third kappa shape index (κ3) is 40.9. The van der Waals surface area contributed by atoms with E-state index in [0.717, 1.165) is 71.5 Å². The summed E-state index contributed by atoms with van der Waals surface area (Å²) in [5.74, 6) is -1.28. The maximum atomic E-state index is 13.6. The van der Waals surface area contributed by atoms with Gasteiger partial charge < -0.3 is 14.2 Å². The molecule has 0 aliphatic rings. The molecule has 0 fully saturated rings. The van der Waals surface area contributed by atoms with E-state index in [4.69, 9.17) is 14.2 Å². The molecule has 75 heavy (non-hydrogen) atoms. The summed E-state index contributed by atoms with van der Waals surface area (Å²) in [6, 6.07) is 0. The van der Waals surface area contributed by atoms with Crippen LogP contribution in [0.4, 0.5) is 0 Å². The largest absolute Gasteiger partial charge is 0.464 e. The molecule has 0 saturated heterocycles. The van der Waals surface area contributed by atoms with Crippen molar-refractivity contribution < 1.29 is 28.6 Å². The van der Waals surface area contributed by atoms with Crippen LogP contribution in [0.2, 0.25) is 0 Å². The van der Waals surface area contributed by atoms with Crippen molar-refractivity contribution in [1.29, 1.82) is 0 Å². The lowest BCUT2D eigenvalue weighted by Gasteiger charge is -2.14. The molecule has 0 amide bonds. The molecule has 0 bridgehead atoms. The second-order valence-corrected chi connectivity index (χ2v) is 21.0. The van der Waals surface area contributed by atoms with E-state index in [9.17, 15) is 28.8 Å². The molecule has 432 valence electrons. The summed E-state index contributed by atoms with van der Waals surface area (Å²) in [4.78, 5) is 78.6. The van der Waals surface area contributed by atoms with Crippen LogP contribution in [-0.4, -0.2) is 51.4 Å². The summed E-state index contributed by atoms with van der Waals surface area (Å²) in [7, 11) is 0. The maximum absolute atomic E-state index is 13.6. The van der Waals surface area contributed by atoms with E-state index in [2.05, 4.69) is 57.2 Å². The number of carbonyl (C=O) groups excluding carboxylic acids is 3. The van der Waals surface area contributed by atoms with Crippen LogP contribution in [0.25, 0.3) is 0 Å². The molecule has 0 N–H and O–H groups in total. The lowest BCUT2D eigenvalue weighted by Crippen LogP contribution is -2.55. The van der Waals surface area contributed by atoms with Crippen LogP contribution in [0.15, 0.2) is 50.8 Å². The number of nitrogens with zero attached hydrogens (tertiary/aromatic N) is 3. The topological polar surface area (TPSA) is 145 Å². The summed E-state index contributed by atoms with van der Waals surface area (Å²) in [5, 5.41) is 0. The Labute approximate surface area is 456 Å². The van der Waals surface area contributed by atoms with Crippen LogP contribution in [0, 0.1) is 0 Å². The van der Waals surface area contributed by atoms with E-state index in [1.165, 1.54) is 173 Å². The van der Waals surface area contributed by atoms with Crippen molar-refractivity contribution in [3.8, 4) is 0 Å². The highest BCUT2D eigenvalue weighted by Gasteiger charge is 2.17. The Kier molecular flexibility index (Phi) is 48.0. The van der Waals surface area contributed by atoms with Crippen molar-refractivity contribution in [1.82, 2.24) is 13.7 Å². The minimum atomic E-state index is -0.893. The Bertz CT molecular complexity index is 1570. The first-order valence-corrected chi connectivity index (χ1v) is 31.1. The number of rotatable bonds is 54. The monoisotopic (exact) mass is 1050 g/mol. The number of allylic oxidation sites excluding steroid dienone is 6. The fraction of sp³-hybridized carbons (Fsp3) is 0.810. The van der Waals surface area contributed by atoms with Gasteiger partial charge in [-0.25, -0.2) is 28.1 Å². The maximum Gasteiger partial charge on any atom is 0.336 e. The Hall–Kier alpha value is -3.96. The van der Waals surface area contributed by atoms with Gasteiger partial charge in [-0.1, -0.05) is 211 Å². The zero-order valence-electron chi connectivity index (χ0n) is 48.4. The van der Waals surface area contributed by atoms with Gasteiger partial charge in [0.25, 0.3) is 0 Å². The summed E-state index contributed by atoms with van der Waals surface area (Å²) >= 11 is 0. The fourth-order valence-corrected chi connectivity index (χ4v) is 9.25. The molecule has 0 spiro atoms. The molecule has 1 rings (SSSR count). The van der Waals surface area contributed by atoms with Gasteiger partial charge in [-0.3, -0.25) is 14.4 Å². The normalized spacial score (nSPS) is 11.7. The van der Waals surface area contributed by atoms with Crippen LogP contribution >= 0.6 is 0 Å². The van der Waals surface area contributed by atoms with E-state index in [1.807, 2.05) is 0 Å². The molecule has 12 heteroatoms. The average Bonchev–Trinajstić information content (AvgIpc) is 3.40. The van der Waals surface area contributed by atoms with Crippen molar-refractivity contribution in [2.45, 2.75) is 310 Å². The zero-order valence-corrected chi connectivity index (χ0v) is 48.4. The lowest BCUT2D eigenvalue weighted by molar-refractivity contribution is -0.144. The second-order valence-electron chi connectivity index (χ2n) is 21.0. The van der Waals surface area contributed by atoms with E-state index in [0.29, 0.717) is 19.3 Å². The zero-order chi connectivity index (χ0) is 54.5. The van der Waals surface area contributed by atoms with E-state index < -0.39 is 35.0 Å². The first-order chi connectivity index (χ1) is 36.8. The van der Waals surface area contributed by atoms with Gasteiger partial charge in [-0.05, 0) is 96.3 Å². The molecule has 0 aliphatic carbocycles. The Morgan fingerprint density at radius 2 is 0.480 bits per heavy atom. The van der Waals surface area contributed by atoms with E-state index in [1.54, 1.807) is 0 Å². The Morgan fingerprint density at radius 1 is 0.293 bits per heavy atom. The first kappa shape index (κ1) is 69.1. The minimum Gasteiger partial charge on any atom is -0.464 e. The van der Waals surface area contributed by atoms with Gasteiger partial charge in [0.05, 0.1) is 19.6 Å². The standard InChI is InChI=1S/C63H111N3O9/c1-4-7-10-13-16-19-22-25-28-31-34-37-40-43-46-49-58(67)73-55-52-64-61(70)65(53-56-74-59(68)50-47-44-41-38-35-32-29-26-23-20-17-14-11-8-5-2)63(72)66(62(64)71)54-57-75-60(69)51-48-45-42-39-36-33-30-27-24-21-18-15-12-9-6-3/h34-39H,4-33,40-57H2,1-3H3/b37-34+,38-35+,39-36+. The number of carbonyl (C=O) groups is 3. The van der Waals surface area contributed by atoms with E-state index >= 15 is 0 Å². The molecule has 1 aromatic rings. The quantitative estimate of drug-likeness (QED) is 0.0269. The first-order valence-electron chi connectivity index (χ1n) is 31.1. The molecule has 12 nitrogen and oxygen atoms in total. The highest BCUT2D eigenvalue weighted by atomic mass is 16.5. The molecule has 0 radical (unpaired) electrons. The van der Waals surface area contributed by atoms with Crippen LogP contribution in [0.5, 0.6) is 0 Å². The fourth-order valence-electron chi connectivity index (χ4n) is 9.25. The molecule has 0 atom stereocenters. The molecular formula is C63H111N3O9. The SMILES string of the molecule is CCCCCCCCCCC/C=C/CCCCC(=O)OCCn1c(=O)n(CCOC(=O)CCCC/C=C/CCCCCCCCCCC)c(=O)n(CCOC(=O)CCCC/C=C/CCCCCCCCCCC)c1=O. The molecule has 1 heterocycles. The molecule has 1 aromatic heterocycles. The number of hydrogen-bond acceptors (Lipinski definition) is 9. The van der Waals surface area contributed by atoms with Crippen molar-refractivity contribution >= 4 is 17.9 Å². The summed E-state index contributed by atoms with van der Waals surface area (Å²) in [6.07, 6.45) is 59.8. The van der Waals surface area contributed by atoms with Crippen LogP contribution in [0.1, 0.15) is 290 Å². The summed E-state index contributed by atoms with van der Waals surface area (Å²) in [5.41, 5.74) is -2.68. The van der Waals surface area contributed by atoms with Gasteiger partial charge in [0.1, 0.15) is 19.8 Å². The van der Waals surface area contributed by atoms with Gasteiger partial charge in [-0.15, -0.1) is 0 Å². The van der Waals surface area contributed by atoms with E-state index in [-0.39, 0.29) is 58.7 Å². The number of unbranched alkanes of at least 4 members (excludes halogenated alkanes) is 33. The third-order valence-electron chi connectivity index (χ3n) is 14.0. The van der Waals surface area contributed by atoms with Gasteiger partial charge in [0.2, 0.25) is 0 Å². The van der Waals surface area contributed by atoms with Crippen LogP contribution in [0.3, 0.4) is 0 Å². The predicted octanol–water partition coefficient (Wildman–Crippen LogP) is 15.9. The molecule has 0 aromatic carbocycles. The number of ether oxygens (including phenoxy) is 3. The highest BCUT2D eigenvalue weighted by molar-refractivity contribution is 5.69. The van der Waals surface area contributed by atoms with Gasteiger partial charge in [0, 0.05) is 19.3 Å².